The summed E-state index contributed by atoms with van der Waals surface area (Å²) >= 11 is 3.45. The number of esters is 1. The first-order valence-electron chi connectivity index (χ1n) is 7.90. The van der Waals surface area contributed by atoms with Gasteiger partial charge >= 0.3 is 5.97 Å². The van der Waals surface area contributed by atoms with E-state index >= 15 is 0 Å². The molecule has 0 spiro atoms. The van der Waals surface area contributed by atoms with E-state index in [0.717, 1.165) is 10.0 Å². The maximum atomic E-state index is 12.4. The van der Waals surface area contributed by atoms with Crippen LogP contribution in [-0.2, 0) is 21.2 Å². The number of nitrogens with one attached hydrogen (secondary N) is 1. The average molecular weight is 458 g/mol. The van der Waals surface area contributed by atoms with Crippen LogP contribution in [0.15, 0.2) is 45.8 Å². The lowest BCUT2D eigenvalue weighted by molar-refractivity contribution is 0.0600. The number of hydrogen-bond donors (Lipinski definition) is 1. The molecule has 0 saturated carbocycles. The molecule has 0 bridgehead atoms. The van der Waals surface area contributed by atoms with E-state index in [2.05, 4.69) is 25.4 Å². The predicted molar refractivity (Wildman–Crippen MR) is 104 cm³/mol. The zero-order valence-electron chi connectivity index (χ0n) is 15.1. The monoisotopic (exact) mass is 457 g/mol. The molecule has 0 amide bonds. The van der Waals surface area contributed by atoms with Crippen molar-refractivity contribution in [2.75, 3.05) is 27.9 Å². The van der Waals surface area contributed by atoms with Crippen molar-refractivity contribution in [1.82, 2.24) is 4.72 Å². The number of ether oxygens (including phenoxy) is 3. The van der Waals surface area contributed by atoms with E-state index in [-0.39, 0.29) is 17.0 Å². The molecule has 0 heterocycles. The van der Waals surface area contributed by atoms with Gasteiger partial charge in [-0.2, -0.15) is 0 Å². The number of benzene rings is 2. The summed E-state index contributed by atoms with van der Waals surface area (Å²) in [7, 11) is 0.654. The Balaban J connectivity index is 2.07. The Labute approximate surface area is 166 Å². The van der Waals surface area contributed by atoms with Gasteiger partial charge < -0.3 is 14.2 Å². The lowest BCUT2D eigenvalue weighted by Gasteiger charge is -2.12. The zero-order chi connectivity index (χ0) is 20.0. The highest BCUT2D eigenvalue weighted by Gasteiger charge is 2.16. The van der Waals surface area contributed by atoms with Gasteiger partial charge in [-0.25, -0.2) is 17.9 Å². The molecular weight excluding hydrogens is 438 g/mol. The number of methoxy groups -OCH3 is 3. The summed E-state index contributed by atoms with van der Waals surface area (Å²) in [6, 6.07) is 9.11. The minimum Gasteiger partial charge on any atom is -0.493 e. The molecule has 2 rings (SSSR count). The third-order valence-corrected chi connectivity index (χ3v) is 6.04. The fourth-order valence-corrected chi connectivity index (χ4v) is 3.93. The standard InChI is InChI=1S/C18H20BrNO6S/c1-24-16-10-13(15(19)11-17(16)25-2)8-9-20-27(22,23)14-6-4-12(5-7-14)18(21)26-3/h4-7,10-11,20H,8-9H2,1-3H3. The van der Waals surface area contributed by atoms with Crippen LogP contribution in [0.1, 0.15) is 15.9 Å². The highest BCUT2D eigenvalue weighted by Crippen LogP contribution is 2.33. The van der Waals surface area contributed by atoms with E-state index in [1.807, 2.05) is 0 Å². The molecule has 0 aliphatic rings. The molecule has 2 aromatic rings. The van der Waals surface area contributed by atoms with Gasteiger partial charge in [0.25, 0.3) is 0 Å². The molecule has 146 valence electrons. The first-order valence-corrected chi connectivity index (χ1v) is 10.2. The Morgan fingerprint density at radius 1 is 1.04 bits per heavy atom. The van der Waals surface area contributed by atoms with Crippen molar-refractivity contribution in [3.8, 4) is 11.5 Å². The maximum Gasteiger partial charge on any atom is 0.337 e. The van der Waals surface area contributed by atoms with Gasteiger partial charge in [0.1, 0.15) is 0 Å². The summed E-state index contributed by atoms with van der Waals surface area (Å²) in [5.74, 6) is 0.626. The lowest BCUT2D eigenvalue weighted by atomic mass is 10.1. The Bertz CT molecular complexity index is 912. The topological polar surface area (TPSA) is 90.9 Å². The molecule has 0 unspecified atom stereocenters. The molecular formula is C18H20BrNO6S. The van der Waals surface area contributed by atoms with Gasteiger partial charge in [-0.15, -0.1) is 0 Å². The third kappa shape index (κ3) is 5.21. The summed E-state index contributed by atoms with van der Waals surface area (Å²) in [6.45, 7) is 0.190. The summed E-state index contributed by atoms with van der Waals surface area (Å²) in [4.78, 5) is 11.5. The Morgan fingerprint density at radius 2 is 1.63 bits per heavy atom. The molecule has 0 saturated heterocycles. The van der Waals surface area contributed by atoms with Crippen molar-refractivity contribution in [1.29, 1.82) is 0 Å². The molecule has 0 aromatic heterocycles. The minimum atomic E-state index is -3.69. The largest absolute Gasteiger partial charge is 0.493 e. The average Bonchev–Trinajstić information content (AvgIpc) is 2.68. The van der Waals surface area contributed by atoms with E-state index in [0.29, 0.717) is 17.9 Å². The molecule has 27 heavy (non-hydrogen) atoms. The van der Waals surface area contributed by atoms with Crippen LogP contribution in [0.25, 0.3) is 0 Å². The van der Waals surface area contributed by atoms with Crippen LogP contribution in [0.5, 0.6) is 11.5 Å². The maximum absolute atomic E-state index is 12.4. The van der Waals surface area contributed by atoms with Crippen LogP contribution < -0.4 is 14.2 Å². The highest BCUT2D eigenvalue weighted by atomic mass is 79.9. The van der Waals surface area contributed by atoms with Crippen molar-refractivity contribution >= 4 is 31.9 Å². The highest BCUT2D eigenvalue weighted by molar-refractivity contribution is 9.10. The van der Waals surface area contributed by atoms with Gasteiger partial charge in [-0.05, 0) is 48.4 Å². The molecule has 9 heteroatoms. The number of hydrogen-bond acceptors (Lipinski definition) is 6. The van der Waals surface area contributed by atoms with Gasteiger partial charge in [0.2, 0.25) is 10.0 Å². The fourth-order valence-electron chi connectivity index (χ4n) is 2.38. The number of halogens is 1. The molecule has 1 N–H and O–H groups in total. The van der Waals surface area contributed by atoms with E-state index < -0.39 is 16.0 Å². The number of carbonyl (C=O) groups is 1. The molecule has 0 fully saturated rings. The molecule has 0 radical (unpaired) electrons. The summed E-state index contributed by atoms with van der Waals surface area (Å²) in [5.41, 5.74) is 1.15. The SMILES string of the molecule is COC(=O)c1ccc(S(=O)(=O)NCCc2cc(OC)c(OC)cc2Br)cc1. The zero-order valence-corrected chi connectivity index (χ0v) is 17.5. The van der Waals surface area contributed by atoms with Crippen molar-refractivity contribution in [2.24, 2.45) is 0 Å². The van der Waals surface area contributed by atoms with Gasteiger partial charge in [-0.3, -0.25) is 0 Å². The molecule has 7 nitrogen and oxygen atoms in total. The van der Waals surface area contributed by atoms with Crippen LogP contribution in [-0.4, -0.2) is 42.3 Å². The van der Waals surface area contributed by atoms with Crippen molar-refractivity contribution < 1.29 is 27.4 Å². The van der Waals surface area contributed by atoms with Crippen LogP contribution in [0.4, 0.5) is 0 Å². The smallest absolute Gasteiger partial charge is 0.337 e. The molecule has 0 aliphatic carbocycles. The first-order chi connectivity index (χ1) is 12.8. The normalized spacial score (nSPS) is 11.1. The number of sulfonamides is 1. The number of carbonyl (C=O) groups excluding carboxylic acids is 1. The Kier molecular flexibility index (Phi) is 7.23. The van der Waals surface area contributed by atoms with Crippen molar-refractivity contribution in [3.63, 3.8) is 0 Å². The van der Waals surface area contributed by atoms with Crippen LogP contribution in [0.3, 0.4) is 0 Å². The van der Waals surface area contributed by atoms with Crippen LogP contribution in [0.2, 0.25) is 0 Å². The minimum absolute atomic E-state index is 0.0709. The summed E-state index contributed by atoms with van der Waals surface area (Å²) < 4.78 is 43.2. The van der Waals surface area contributed by atoms with Crippen molar-refractivity contribution in [2.45, 2.75) is 11.3 Å². The van der Waals surface area contributed by atoms with E-state index in [9.17, 15) is 13.2 Å². The van der Waals surface area contributed by atoms with Crippen LogP contribution >= 0.6 is 15.9 Å². The number of rotatable bonds is 8. The fraction of sp³-hybridized carbons (Fsp3) is 0.278. The summed E-state index contributed by atoms with van der Waals surface area (Å²) in [6.07, 6.45) is 0.445. The van der Waals surface area contributed by atoms with E-state index in [4.69, 9.17) is 9.47 Å². The quantitative estimate of drug-likeness (QED) is 0.612. The first kappa shape index (κ1) is 21.2. The summed E-state index contributed by atoms with van der Waals surface area (Å²) in [5, 5.41) is 0. The second-order valence-corrected chi connectivity index (χ2v) is 8.08. The lowest BCUT2D eigenvalue weighted by Crippen LogP contribution is -2.26. The van der Waals surface area contributed by atoms with Crippen molar-refractivity contribution in [3.05, 3.63) is 52.0 Å². The van der Waals surface area contributed by atoms with E-state index in [1.165, 1.54) is 38.5 Å². The molecule has 0 aliphatic heterocycles. The van der Waals surface area contributed by atoms with Gasteiger partial charge in [-0.1, -0.05) is 15.9 Å². The van der Waals surface area contributed by atoms with Gasteiger partial charge in [0.05, 0.1) is 31.8 Å². The van der Waals surface area contributed by atoms with Gasteiger partial charge in [0.15, 0.2) is 11.5 Å². The third-order valence-electron chi connectivity index (χ3n) is 3.82. The Morgan fingerprint density at radius 3 is 2.19 bits per heavy atom. The van der Waals surface area contributed by atoms with E-state index in [1.54, 1.807) is 19.2 Å². The van der Waals surface area contributed by atoms with Gasteiger partial charge in [0, 0.05) is 11.0 Å². The second kappa shape index (κ2) is 9.20. The molecule has 2 aromatic carbocycles. The predicted octanol–water partition coefficient (Wildman–Crippen LogP) is 2.77. The Hall–Kier alpha value is -2.10. The molecule has 0 atom stereocenters. The second-order valence-electron chi connectivity index (χ2n) is 5.46. The van der Waals surface area contributed by atoms with Crippen LogP contribution in [0, 0.1) is 0 Å².